The molecule has 1 aromatic carbocycles. The maximum atomic E-state index is 12.4. The van der Waals surface area contributed by atoms with E-state index in [-0.39, 0.29) is 11.9 Å². The van der Waals surface area contributed by atoms with Gasteiger partial charge in [-0.1, -0.05) is 49.0 Å². The van der Waals surface area contributed by atoms with E-state index in [4.69, 9.17) is 10.7 Å². The van der Waals surface area contributed by atoms with Crippen molar-refractivity contribution >= 4 is 45.0 Å². The van der Waals surface area contributed by atoms with Gasteiger partial charge in [0.2, 0.25) is 5.91 Å². The number of thiophene rings is 1. The van der Waals surface area contributed by atoms with E-state index in [2.05, 4.69) is 29.4 Å². The van der Waals surface area contributed by atoms with Gasteiger partial charge in [-0.25, -0.2) is 9.97 Å². The summed E-state index contributed by atoms with van der Waals surface area (Å²) in [4.78, 5) is 23.9. The molecule has 2 atom stereocenters. The number of anilines is 1. The second-order valence-electron chi connectivity index (χ2n) is 8.20. The fourth-order valence-electron chi connectivity index (χ4n) is 3.96. The molecule has 0 aliphatic heterocycles. The number of hydrogen-bond donors (Lipinski definition) is 2. The Hall–Kier alpha value is -2.12. The zero-order valence-electron chi connectivity index (χ0n) is 17.5. The second-order valence-corrected chi connectivity index (χ2v) is 10.2. The van der Waals surface area contributed by atoms with Gasteiger partial charge in [0.25, 0.3) is 0 Å². The molecule has 0 saturated carbocycles. The molecular formula is C23H28N4OS2. The van der Waals surface area contributed by atoms with E-state index < -0.39 is 0 Å². The van der Waals surface area contributed by atoms with Gasteiger partial charge >= 0.3 is 0 Å². The van der Waals surface area contributed by atoms with E-state index in [0.717, 1.165) is 35.9 Å². The molecule has 2 aromatic heterocycles. The lowest BCUT2D eigenvalue weighted by molar-refractivity contribution is -0.119. The third-order valence-electron chi connectivity index (χ3n) is 5.61. The number of hydrogen-bond acceptors (Lipinski definition) is 6. The van der Waals surface area contributed by atoms with Crippen molar-refractivity contribution in [1.29, 1.82) is 0 Å². The fourth-order valence-corrected chi connectivity index (χ4v) is 6.07. The number of nitrogens with one attached hydrogen (secondary N) is 1. The molecule has 0 radical (unpaired) electrons. The third kappa shape index (κ3) is 4.95. The summed E-state index contributed by atoms with van der Waals surface area (Å²) in [6.07, 6.45) is 5.21. The molecular weight excluding hydrogens is 412 g/mol. The van der Waals surface area contributed by atoms with Gasteiger partial charge in [-0.2, -0.15) is 0 Å². The van der Waals surface area contributed by atoms with E-state index in [1.54, 1.807) is 11.3 Å². The van der Waals surface area contributed by atoms with Crippen molar-refractivity contribution in [2.75, 3.05) is 11.5 Å². The highest BCUT2D eigenvalue weighted by molar-refractivity contribution is 7.99. The monoisotopic (exact) mass is 440 g/mol. The fraction of sp³-hybridized carbons (Fsp3) is 0.435. The van der Waals surface area contributed by atoms with Crippen molar-refractivity contribution in [2.45, 2.75) is 57.1 Å². The molecule has 0 bridgehead atoms. The molecule has 7 heteroatoms. The largest absolute Gasteiger partial charge is 0.383 e. The zero-order chi connectivity index (χ0) is 21.1. The van der Waals surface area contributed by atoms with Crippen LogP contribution in [0, 0.1) is 5.92 Å². The van der Waals surface area contributed by atoms with E-state index >= 15 is 0 Å². The smallest absolute Gasteiger partial charge is 0.230 e. The van der Waals surface area contributed by atoms with Gasteiger partial charge in [-0.3, -0.25) is 4.79 Å². The zero-order valence-corrected chi connectivity index (χ0v) is 19.1. The predicted molar refractivity (Wildman–Crippen MR) is 126 cm³/mol. The van der Waals surface area contributed by atoms with Crippen LogP contribution in [0.2, 0.25) is 0 Å². The summed E-state index contributed by atoms with van der Waals surface area (Å²) in [6.45, 7) is 4.34. The third-order valence-corrected chi connectivity index (χ3v) is 7.61. The lowest BCUT2D eigenvalue weighted by atomic mass is 9.89. The molecule has 0 fully saturated rings. The van der Waals surface area contributed by atoms with Gasteiger partial charge in [-0.15, -0.1) is 11.3 Å². The lowest BCUT2D eigenvalue weighted by Gasteiger charge is -2.17. The molecule has 3 aromatic rings. The summed E-state index contributed by atoms with van der Waals surface area (Å²) >= 11 is 3.09. The molecule has 1 aliphatic rings. The van der Waals surface area contributed by atoms with Crippen LogP contribution in [-0.4, -0.2) is 27.7 Å². The number of fused-ring (bicyclic) bond motifs is 3. The number of aryl methyl sites for hydroxylation is 2. The van der Waals surface area contributed by atoms with E-state index in [9.17, 15) is 4.79 Å². The first-order chi connectivity index (χ1) is 14.5. The Bertz CT molecular complexity index is 1030. The van der Waals surface area contributed by atoms with Gasteiger partial charge in [-0.05, 0) is 56.1 Å². The average molecular weight is 441 g/mol. The summed E-state index contributed by atoms with van der Waals surface area (Å²) in [7, 11) is 0. The van der Waals surface area contributed by atoms with Gasteiger partial charge in [0, 0.05) is 10.9 Å². The molecule has 5 nitrogen and oxygen atoms in total. The van der Waals surface area contributed by atoms with Crippen molar-refractivity contribution in [3.8, 4) is 0 Å². The number of carbonyl (C=O) groups is 1. The number of nitrogens with zero attached hydrogens (tertiary/aromatic N) is 2. The van der Waals surface area contributed by atoms with Crippen LogP contribution in [0.3, 0.4) is 0 Å². The van der Waals surface area contributed by atoms with Crippen LogP contribution in [0.5, 0.6) is 0 Å². The molecule has 0 unspecified atom stereocenters. The summed E-state index contributed by atoms with van der Waals surface area (Å²) in [5.74, 6) is 1.55. The topological polar surface area (TPSA) is 80.9 Å². The van der Waals surface area contributed by atoms with E-state index in [1.807, 2.05) is 25.1 Å². The minimum Gasteiger partial charge on any atom is -0.383 e. The highest BCUT2D eigenvalue weighted by Crippen LogP contribution is 2.39. The Morgan fingerprint density at radius 2 is 2.13 bits per heavy atom. The van der Waals surface area contributed by atoms with Crippen LogP contribution >= 0.6 is 23.1 Å². The molecule has 2 heterocycles. The molecule has 0 saturated heterocycles. The number of nitrogen functional groups attached to an aromatic ring is 1. The molecule has 4 rings (SSSR count). The van der Waals surface area contributed by atoms with Gasteiger partial charge in [0.1, 0.15) is 10.6 Å². The van der Waals surface area contributed by atoms with Gasteiger partial charge in [0.05, 0.1) is 11.1 Å². The summed E-state index contributed by atoms with van der Waals surface area (Å²) in [5, 5.41) is 4.69. The first kappa shape index (κ1) is 21.1. The van der Waals surface area contributed by atoms with Crippen molar-refractivity contribution in [2.24, 2.45) is 5.92 Å². The van der Waals surface area contributed by atoms with Crippen molar-refractivity contribution in [3.63, 3.8) is 0 Å². The Kier molecular flexibility index (Phi) is 6.58. The molecule has 158 valence electrons. The van der Waals surface area contributed by atoms with Crippen LogP contribution in [0.4, 0.5) is 5.82 Å². The highest BCUT2D eigenvalue weighted by Gasteiger charge is 2.23. The molecule has 1 amide bonds. The van der Waals surface area contributed by atoms with Crippen LogP contribution in [-0.2, 0) is 24.1 Å². The maximum Gasteiger partial charge on any atom is 0.230 e. The summed E-state index contributed by atoms with van der Waals surface area (Å²) in [5.41, 5.74) is 8.91. The lowest BCUT2D eigenvalue weighted by Crippen LogP contribution is -2.34. The second kappa shape index (κ2) is 9.35. The Balaban J connectivity index is 1.33. The van der Waals surface area contributed by atoms with Crippen LogP contribution in [0.25, 0.3) is 10.2 Å². The van der Waals surface area contributed by atoms with E-state index in [0.29, 0.717) is 22.6 Å². The number of aromatic nitrogens is 2. The van der Waals surface area contributed by atoms with Crippen molar-refractivity contribution < 1.29 is 4.79 Å². The molecule has 1 aliphatic carbocycles. The first-order valence-corrected chi connectivity index (χ1v) is 12.3. The van der Waals surface area contributed by atoms with Gasteiger partial charge in [0.15, 0.2) is 5.16 Å². The van der Waals surface area contributed by atoms with Gasteiger partial charge < -0.3 is 11.1 Å². The Labute approximate surface area is 185 Å². The summed E-state index contributed by atoms with van der Waals surface area (Å²) < 4.78 is 0. The number of carbonyl (C=O) groups excluding carboxylic acids is 1. The highest BCUT2D eigenvalue weighted by atomic mass is 32.2. The van der Waals surface area contributed by atoms with Crippen LogP contribution in [0.15, 0.2) is 35.5 Å². The Morgan fingerprint density at radius 3 is 2.93 bits per heavy atom. The first-order valence-electron chi connectivity index (χ1n) is 10.5. The quantitative estimate of drug-likeness (QED) is 0.414. The van der Waals surface area contributed by atoms with Crippen LogP contribution in [0.1, 0.15) is 42.7 Å². The SMILES string of the molecule is C[C@@H]1CCc2c(sc3nc(SCC(=O)N[C@H](C)CCc4ccccc4)nc(N)c23)C1. The maximum absolute atomic E-state index is 12.4. The number of rotatable bonds is 7. The minimum atomic E-state index is 0.00197. The minimum absolute atomic E-state index is 0.00197. The Morgan fingerprint density at radius 1 is 1.33 bits per heavy atom. The number of nitrogens with two attached hydrogens (primary N) is 1. The number of benzene rings is 1. The van der Waals surface area contributed by atoms with Crippen molar-refractivity contribution in [1.82, 2.24) is 15.3 Å². The number of amides is 1. The molecule has 30 heavy (non-hydrogen) atoms. The summed E-state index contributed by atoms with van der Waals surface area (Å²) in [6, 6.07) is 10.5. The average Bonchev–Trinajstić information content (AvgIpc) is 3.09. The normalized spacial score (nSPS) is 16.9. The van der Waals surface area contributed by atoms with Crippen molar-refractivity contribution in [3.05, 3.63) is 46.3 Å². The van der Waals surface area contributed by atoms with E-state index in [1.165, 1.54) is 34.2 Å². The molecule has 3 N–H and O–H groups in total. The van der Waals surface area contributed by atoms with Crippen LogP contribution < -0.4 is 11.1 Å². The number of thioether (sulfide) groups is 1. The standard InChI is InChI=1S/C23H28N4OS2/c1-14-8-11-17-18(12-14)30-22-20(17)21(24)26-23(27-22)29-13-19(28)25-15(2)9-10-16-6-4-3-5-7-16/h3-7,14-15H,8-13H2,1-2H3,(H,25,28)(H2,24,26,27)/t14-,15-/m1/s1. The predicted octanol–water partition coefficient (Wildman–Crippen LogP) is 4.63. The molecule has 0 spiro atoms.